The van der Waals surface area contributed by atoms with E-state index in [9.17, 15) is 14.4 Å². The molecule has 1 unspecified atom stereocenters. The number of carbonyl (C=O) groups excluding carboxylic acids is 2. The van der Waals surface area contributed by atoms with Crippen molar-refractivity contribution in [3.8, 4) is 11.1 Å². The zero-order chi connectivity index (χ0) is 24.3. The first kappa shape index (κ1) is 25.2. The predicted molar refractivity (Wildman–Crippen MR) is 128 cm³/mol. The zero-order valence-corrected chi connectivity index (χ0v) is 19.4. The van der Waals surface area contributed by atoms with E-state index in [0.29, 0.717) is 19.4 Å². The van der Waals surface area contributed by atoms with Gasteiger partial charge in [-0.3, -0.25) is 9.59 Å². The molecule has 0 aliphatic heterocycles. The van der Waals surface area contributed by atoms with Gasteiger partial charge in [-0.15, -0.1) is 0 Å². The summed E-state index contributed by atoms with van der Waals surface area (Å²) in [6, 6.07) is 16.2. The Morgan fingerprint density at radius 2 is 1.62 bits per heavy atom. The number of rotatable bonds is 13. The Balaban J connectivity index is 1.39. The second kappa shape index (κ2) is 12.7. The molecule has 2 aromatic carbocycles. The molecule has 8 nitrogen and oxygen atoms in total. The molecule has 0 radical (unpaired) electrons. The van der Waals surface area contributed by atoms with E-state index in [1.165, 1.54) is 11.1 Å². The predicted octanol–water partition coefficient (Wildman–Crippen LogP) is 3.69. The van der Waals surface area contributed by atoms with Gasteiger partial charge in [0.2, 0.25) is 5.91 Å². The van der Waals surface area contributed by atoms with Crippen molar-refractivity contribution in [3.05, 3.63) is 59.7 Å². The van der Waals surface area contributed by atoms with Gasteiger partial charge in [0.1, 0.15) is 6.61 Å². The minimum Gasteiger partial charge on any atom is -0.481 e. The van der Waals surface area contributed by atoms with E-state index < -0.39 is 12.1 Å². The average Bonchev–Trinajstić information content (AvgIpc) is 3.16. The number of benzene rings is 2. The fourth-order valence-corrected chi connectivity index (χ4v) is 4.10. The number of carboxylic acid groups (broad SMARTS) is 1. The van der Waals surface area contributed by atoms with Crippen molar-refractivity contribution in [3.63, 3.8) is 0 Å². The molecule has 0 spiro atoms. The lowest BCUT2D eigenvalue weighted by Gasteiger charge is -2.19. The molecule has 1 aliphatic carbocycles. The van der Waals surface area contributed by atoms with Crippen LogP contribution in [0, 0.1) is 0 Å². The molecule has 2 aromatic rings. The molecule has 0 saturated carbocycles. The molecule has 0 heterocycles. The SMILES string of the molecule is CCC(CCC(=O)NCCOCCC(=O)O)NC(=O)OCC1c2ccccc2-c2ccccc21. The Bertz CT molecular complexity index is 947. The Morgan fingerprint density at radius 1 is 0.971 bits per heavy atom. The van der Waals surface area contributed by atoms with E-state index in [1.54, 1.807) is 0 Å². The molecule has 2 amide bonds. The van der Waals surface area contributed by atoms with Crippen molar-refractivity contribution in [2.75, 3.05) is 26.4 Å². The van der Waals surface area contributed by atoms with Crippen LogP contribution in [-0.4, -0.2) is 55.5 Å². The molecule has 0 bridgehead atoms. The van der Waals surface area contributed by atoms with E-state index >= 15 is 0 Å². The van der Waals surface area contributed by atoms with Crippen LogP contribution in [0.3, 0.4) is 0 Å². The third-order valence-electron chi connectivity index (χ3n) is 5.91. The van der Waals surface area contributed by atoms with Gasteiger partial charge in [0.15, 0.2) is 0 Å². The van der Waals surface area contributed by atoms with Crippen LogP contribution in [0.1, 0.15) is 49.7 Å². The summed E-state index contributed by atoms with van der Waals surface area (Å²) in [5.74, 6) is -1.06. The van der Waals surface area contributed by atoms with Crippen LogP contribution in [0.5, 0.6) is 0 Å². The molecule has 1 atom stereocenters. The number of alkyl carbamates (subject to hydrolysis) is 1. The molecule has 0 fully saturated rings. The summed E-state index contributed by atoms with van der Waals surface area (Å²) in [6.07, 6.45) is 0.883. The van der Waals surface area contributed by atoms with Gasteiger partial charge in [-0.25, -0.2) is 4.79 Å². The van der Waals surface area contributed by atoms with Gasteiger partial charge in [0.25, 0.3) is 0 Å². The summed E-state index contributed by atoms with van der Waals surface area (Å²) >= 11 is 0. The highest BCUT2D eigenvalue weighted by molar-refractivity contribution is 5.79. The van der Waals surface area contributed by atoms with Crippen molar-refractivity contribution < 1.29 is 29.0 Å². The van der Waals surface area contributed by atoms with Crippen LogP contribution < -0.4 is 10.6 Å². The van der Waals surface area contributed by atoms with Crippen LogP contribution in [0.25, 0.3) is 11.1 Å². The lowest BCUT2D eigenvalue weighted by atomic mass is 9.98. The van der Waals surface area contributed by atoms with E-state index in [-0.39, 0.29) is 50.5 Å². The molecule has 34 heavy (non-hydrogen) atoms. The summed E-state index contributed by atoms with van der Waals surface area (Å²) in [7, 11) is 0. The first-order valence-electron chi connectivity index (χ1n) is 11.7. The van der Waals surface area contributed by atoms with Gasteiger partial charge in [0.05, 0.1) is 19.6 Å². The van der Waals surface area contributed by atoms with E-state index in [1.807, 2.05) is 31.2 Å². The Hall–Kier alpha value is -3.39. The topological polar surface area (TPSA) is 114 Å². The van der Waals surface area contributed by atoms with Crippen molar-refractivity contribution in [1.82, 2.24) is 10.6 Å². The second-order valence-electron chi connectivity index (χ2n) is 8.22. The van der Waals surface area contributed by atoms with Crippen LogP contribution in [0.4, 0.5) is 4.79 Å². The number of hydrogen-bond donors (Lipinski definition) is 3. The number of fused-ring (bicyclic) bond motifs is 3. The largest absolute Gasteiger partial charge is 0.481 e. The lowest BCUT2D eigenvalue weighted by Crippen LogP contribution is -2.37. The molecule has 0 saturated heterocycles. The number of carboxylic acids is 1. The van der Waals surface area contributed by atoms with E-state index in [0.717, 1.165) is 11.1 Å². The number of amides is 2. The first-order chi connectivity index (χ1) is 16.5. The number of aliphatic carboxylic acids is 1. The third-order valence-corrected chi connectivity index (χ3v) is 5.91. The van der Waals surface area contributed by atoms with Crippen LogP contribution in [0.2, 0.25) is 0 Å². The summed E-state index contributed by atoms with van der Waals surface area (Å²) < 4.78 is 10.7. The summed E-state index contributed by atoms with van der Waals surface area (Å²) in [4.78, 5) is 34.9. The monoisotopic (exact) mass is 468 g/mol. The van der Waals surface area contributed by atoms with Gasteiger partial charge in [-0.05, 0) is 35.1 Å². The Labute approximate surface area is 199 Å². The maximum Gasteiger partial charge on any atom is 0.407 e. The number of hydrogen-bond acceptors (Lipinski definition) is 5. The summed E-state index contributed by atoms with van der Waals surface area (Å²) in [6.45, 7) is 2.89. The molecule has 1 aliphatic rings. The van der Waals surface area contributed by atoms with Gasteiger partial charge in [-0.2, -0.15) is 0 Å². The van der Waals surface area contributed by atoms with Gasteiger partial charge in [0, 0.05) is 24.9 Å². The highest BCUT2D eigenvalue weighted by Gasteiger charge is 2.29. The summed E-state index contributed by atoms with van der Waals surface area (Å²) in [5.41, 5.74) is 4.67. The fraction of sp³-hybridized carbons (Fsp3) is 0.423. The van der Waals surface area contributed by atoms with Gasteiger partial charge >= 0.3 is 12.1 Å². The zero-order valence-electron chi connectivity index (χ0n) is 19.4. The average molecular weight is 469 g/mol. The van der Waals surface area contributed by atoms with Crippen molar-refractivity contribution >= 4 is 18.0 Å². The molecular formula is C26H32N2O6. The maximum atomic E-state index is 12.5. The van der Waals surface area contributed by atoms with Gasteiger partial charge < -0.3 is 25.2 Å². The third kappa shape index (κ3) is 7.05. The quantitative estimate of drug-likeness (QED) is 0.386. The van der Waals surface area contributed by atoms with Crippen LogP contribution >= 0.6 is 0 Å². The molecule has 8 heteroatoms. The van der Waals surface area contributed by atoms with Crippen LogP contribution in [-0.2, 0) is 19.1 Å². The van der Waals surface area contributed by atoms with Gasteiger partial charge in [-0.1, -0.05) is 55.5 Å². The highest BCUT2D eigenvalue weighted by atomic mass is 16.5. The summed E-state index contributed by atoms with van der Waals surface area (Å²) in [5, 5.41) is 14.1. The molecule has 3 N–H and O–H groups in total. The minimum atomic E-state index is -0.918. The van der Waals surface area contributed by atoms with Crippen molar-refractivity contribution in [1.29, 1.82) is 0 Å². The maximum absolute atomic E-state index is 12.5. The molecule has 182 valence electrons. The van der Waals surface area contributed by atoms with Crippen LogP contribution in [0.15, 0.2) is 48.5 Å². The molecular weight excluding hydrogens is 436 g/mol. The van der Waals surface area contributed by atoms with E-state index in [2.05, 4.69) is 34.9 Å². The first-order valence-corrected chi connectivity index (χ1v) is 11.7. The lowest BCUT2D eigenvalue weighted by molar-refractivity contribution is -0.138. The van der Waals surface area contributed by atoms with Crippen molar-refractivity contribution in [2.45, 2.75) is 44.6 Å². The second-order valence-corrected chi connectivity index (χ2v) is 8.22. The van der Waals surface area contributed by atoms with E-state index in [4.69, 9.17) is 14.6 Å². The molecule has 3 rings (SSSR count). The smallest absolute Gasteiger partial charge is 0.407 e. The standard InChI is InChI=1S/C26H32N2O6/c1-2-18(11-12-24(29)27-14-16-33-15-13-25(30)31)28-26(32)34-17-23-21-9-5-3-7-19(21)20-8-4-6-10-22(20)23/h3-10,18,23H,2,11-17H2,1H3,(H,27,29)(H,28,32)(H,30,31). The normalized spacial score (nSPS) is 13.0. The Morgan fingerprint density at radius 3 is 2.24 bits per heavy atom. The molecule has 0 aromatic heterocycles. The Kier molecular flexibility index (Phi) is 9.46. The minimum absolute atomic E-state index is 0.00159. The number of carbonyl (C=O) groups is 3. The number of nitrogens with one attached hydrogen (secondary N) is 2. The number of ether oxygens (including phenoxy) is 2. The van der Waals surface area contributed by atoms with Crippen molar-refractivity contribution in [2.24, 2.45) is 0 Å². The highest BCUT2D eigenvalue weighted by Crippen LogP contribution is 2.44. The fourth-order valence-electron chi connectivity index (χ4n) is 4.10.